The molecule has 0 aliphatic carbocycles. The van der Waals surface area contributed by atoms with E-state index in [1.165, 1.54) is 17.7 Å². The predicted octanol–water partition coefficient (Wildman–Crippen LogP) is 3.70. The number of fused-ring (bicyclic) bond motifs is 2. The molecule has 0 radical (unpaired) electrons. The van der Waals surface area contributed by atoms with Gasteiger partial charge in [0, 0.05) is 10.8 Å². The van der Waals surface area contributed by atoms with E-state index in [1.807, 2.05) is 19.9 Å². The summed E-state index contributed by atoms with van der Waals surface area (Å²) in [6.45, 7) is 9.98. The number of para-hydroxylation sites is 1. The van der Waals surface area contributed by atoms with Gasteiger partial charge in [-0.3, -0.25) is 15.0 Å². The van der Waals surface area contributed by atoms with Crippen LogP contribution in [0.1, 0.15) is 47.5 Å². The Labute approximate surface area is 171 Å². The highest BCUT2D eigenvalue weighted by Crippen LogP contribution is 2.33. The van der Waals surface area contributed by atoms with E-state index in [0.29, 0.717) is 15.8 Å². The van der Waals surface area contributed by atoms with Gasteiger partial charge >= 0.3 is 0 Å². The summed E-state index contributed by atoms with van der Waals surface area (Å²) in [6, 6.07) is 7.02. The van der Waals surface area contributed by atoms with Gasteiger partial charge in [0.2, 0.25) is 0 Å². The Balaban J connectivity index is 1.76. The minimum Gasteiger partial charge on any atom is -0.267 e. The topological polar surface area (TPSA) is 89.8 Å². The molecule has 0 aliphatic heterocycles. The van der Waals surface area contributed by atoms with E-state index >= 15 is 0 Å². The highest BCUT2D eigenvalue weighted by Gasteiger charge is 2.23. The van der Waals surface area contributed by atoms with Gasteiger partial charge in [-0.15, -0.1) is 11.3 Å². The normalized spacial score (nSPS) is 11.9. The molecule has 7 nitrogen and oxygen atoms in total. The molecule has 0 atom stereocenters. The molecule has 148 valence electrons. The maximum atomic E-state index is 12.9. The number of carbonyl (C=O) groups is 1. The third-order valence-corrected chi connectivity index (χ3v) is 5.92. The van der Waals surface area contributed by atoms with Crippen LogP contribution in [0.4, 0.5) is 0 Å². The molecule has 0 bridgehead atoms. The first-order valence-corrected chi connectivity index (χ1v) is 10.0. The Morgan fingerprint density at radius 2 is 1.86 bits per heavy atom. The predicted molar refractivity (Wildman–Crippen MR) is 115 cm³/mol. The molecule has 0 aliphatic rings. The Kier molecular flexibility index (Phi) is 4.46. The lowest BCUT2D eigenvalue weighted by Gasteiger charge is -2.16. The molecule has 3 heterocycles. The fourth-order valence-corrected chi connectivity index (χ4v) is 4.32. The van der Waals surface area contributed by atoms with Crippen LogP contribution in [0.2, 0.25) is 0 Å². The number of nitrogens with one attached hydrogen (secondary N) is 1. The van der Waals surface area contributed by atoms with Crippen molar-refractivity contribution in [3.63, 3.8) is 0 Å². The second-order valence-electron chi connectivity index (χ2n) is 8.00. The maximum Gasteiger partial charge on any atom is 0.280 e. The molecule has 1 amide bonds. The Morgan fingerprint density at radius 3 is 2.59 bits per heavy atom. The lowest BCUT2D eigenvalue weighted by Crippen LogP contribution is -2.33. The van der Waals surface area contributed by atoms with E-state index in [9.17, 15) is 9.59 Å². The van der Waals surface area contributed by atoms with Gasteiger partial charge in [0.15, 0.2) is 0 Å². The molecule has 8 heteroatoms. The molecule has 1 aromatic carbocycles. The number of aromatic nitrogens is 4. The number of benzene rings is 1. The van der Waals surface area contributed by atoms with Gasteiger partial charge in [-0.05, 0) is 31.5 Å². The van der Waals surface area contributed by atoms with Crippen molar-refractivity contribution in [2.45, 2.75) is 40.0 Å². The van der Waals surface area contributed by atoms with Crippen LogP contribution < -0.4 is 11.0 Å². The summed E-state index contributed by atoms with van der Waals surface area (Å²) in [4.78, 5) is 40.4. The van der Waals surface area contributed by atoms with Crippen molar-refractivity contribution < 1.29 is 4.79 Å². The Morgan fingerprint density at radius 1 is 1.14 bits per heavy atom. The molecule has 0 saturated carbocycles. The summed E-state index contributed by atoms with van der Waals surface area (Å²) >= 11 is 1.31. The third kappa shape index (κ3) is 3.29. The van der Waals surface area contributed by atoms with Crippen molar-refractivity contribution in [1.82, 2.24) is 19.6 Å². The molecule has 1 N–H and O–H groups in total. The highest BCUT2D eigenvalue weighted by atomic mass is 32.1. The van der Waals surface area contributed by atoms with Gasteiger partial charge in [0.25, 0.3) is 11.5 Å². The molecule has 4 aromatic rings. The van der Waals surface area contributed by atoms with E-state index < -0.39 is 0 Å². The number of aryl methyl sites for hydroxylation is 2. The van der Waals surface area contributed by atoms with Crippen LogP contribution >= 0.6 is 11.3 Å². The SMILES string of the molecule is Cc1nc(C(C)(C)C)nc2sc(C(=O)Nn3cnc4ccccc4c3=O)c(C)c12. The second kappa shape index (κ2) is 6.73. The van der Waals surface area contributed by atoms with E-state index in [-0.39, 0.29) is 16.9 Å². The standard InChI is InChI=1S/C21H21N5O2S/c1-11-15-12(2)23-20(21(3,4)5)24-18(15)29-16(11)17(27)25-26-10-22-14-9-7-6-8-13(14)19(26)28/h6-10H,1-5H3,(H,25,27). The lowest BCUT2D eigenvalue weighted by atomic mass is 9.95. The summed E-state index contributed by atoms with van der Waals surface area (Å²) in [5.74, 6) is 0.368. The van der Waals surface area contributed by atoms with Gasteiger partial charge in [-0.25, -0.2) is 19.6 Å². The van der Waals surface area contributed by atoms with Gasteiger partial charge < -0.3 is 0 Å². The van der Waals surface area contributed by atoms with Crippen molar-refractivity contribution in [1.29, 1.82) is 0 Å². The van der Waals surface area contributed by atoms with Gasteiger partial charge in [-0.1, -0.05) is 32.9 Å². The highest BCUT2D eigenvalue weighted by molar-refractivity contribution is 7.20. The number of carbonyl (C=O) groups excluding carboxylic acids is 1. The zero-order valence-electron chi connectivity index (χ0n) is 16.9. The van der Waals surface area contributed by atoms with E-state index in [1.54, 1.807) is 18.2 Å². The number of nitrogens with zero attached hydrogens (tertiary/aromatic N) is 4. The van der Waals surface area contributed by atoms with Gasteiger partial charge in [0.05, 0.1) is 21.5 Å². The average molecular weight is 407 g/mol. The molecule has 3 aromatic heterocycles. The van der Waals surface area contributed by atoms with Crippen LogP contribution in [-0.4, -0.2) is 25.5 Å². The zero-order chi connectivity index (χ0) is 20.9. The van der Waals surface area contributed by atoms with Crippen LogP contribution in [0.15, 0.2) is 35.4 Å². The Bertz CT molecular complexity index is 1330. The first-order valence-electron chi connectivity index (χ1n) is 9.23. The summed E-state index contributed by atoms with van der Waals surface area (Å²) < 4.78 is 1.12. The van der Waals surface area contributed by atoms with Crippen molar-refractivity contribution >= 4 is 38.4 Å². The fraction of sp³-hybridized carbons (Fsp3) is 0.286. The molecule has 0 fully saturated rings. The second-order valence-corrected chi connectivity index (χ2v) is 9.00. The van der Waals surface area contributed by atoms with E-state index in [4.69, 9.17) is 0 Å². The van der Waals surface area contributed by atoms with Crippen LogP contribution in [0, 0.1) is 13.8 Å². The maximum absolute atomic E-state index is 12.9. The lowest BCUT2D eigenvalue weighted by molar-refractivity contribution is 0.101. The third-order valence-electron chi connectivity index (χ3n) is 4.74. The summed E-state index contributed by atoms with van der Waals surface area (Å²) in [6.07, 6.45) is 1.33. The molecule has 0 spiro atoms. The van der Waals surface area contributed by atoms with Crippen molar-refractivity contribution in [3.05, 3.63) is 62.9 Å². The monoisotopic (exact) mass is 407 g/mol. The minimum absolute atomic E-state index is 0.191. The van der Waals surface area contributed by atoms with Crippen LogP contribution in [-0.2, 0) is 5.41 Å². The number of amides is 1. The number of rotatable bonds is 2. The fourth-order valence-electron chi connectivity index (χ4n) is 3.20. The smallest absolute Gasteiger partial charge is 0.267 e. The Hall–Kier alpha value is -3.13. The summed E-state index contributed by atoms with van der Waals surface area (Å²) in [7, 11) is 0. The summed E-state index contributed by atoms with van der Waals surface area (Å²) in [5.41, 5.74) is 4.37. The van der Waals surface area contributed by atoms with Gasteiger partial charge in [-0.2, -0.15) is 0 Å². The van der Waals surface area contributed by atoms with Crippen LogP contribution in [0.25, 0.3) is 21.1 Å². The molecule has 4 rings (SSSR count). The molecular formula is C21H21N5O2S. The van der Waals surface area contributed by atoms with Crippen molar-refractivity contribution in [2.24, 2.45) is 0 Å². The van der Waals surface area contributed by atoms with Crippen molar-refractivity contribution in [3.8, 4) is 0 Å². The first kappa shape index (κ1) is 19.2. The molecular weight excluding hydrogens is 386 g/mol. The van der Waals surface area contributed by atoms with E-state index in [2.05, 4.69) is 41.1 Å². The summed E-state index contributed by atoms with van der Waals surface area (Å²) in [5, 5.41) is 1.33. The quantitative estimate of drug-likeness (QED) is 0.547. The minimum atomic E-state index is -0.374. The van der Waals surface area contributed by atoms with Crippen LogP contribution in [0.3, 0.4) is 0 Å². The van der Waals surface area contributed by atoms with Gasteiger partial charge in [0.1, 0.15) is 17.0 Å². The average Bonchev–Trinajstić information content (AvgIpc) is 3.01. The molecule has 0 unspecified atom stereocenters. The number of hydrogen-bond donors (Lipinski definition) is 1. The number of hydrogen-bond acceptors (Lipinski definition) is 6. The zero-order valence-corrected chi connectivity index (χ0v) is 17.7. The van der Waals surface area contributed by atoms with E-state index in [0.717, 1.165) is 32.0 Å². The van der Waals surface area contributed by atoms with Crippen LogP contribution in [0.5, 0.6) is 0 Å². The number of thiophene rings is 1. The molecule has 0 saturated heterocycles. The first-order chi connectivity index (χ1) is 13.7. The molecule has 29 heavy (non-hydrogen) atoms. The largest absolute Gasteiger partial charge is 0.280 e. The van der Waals surface area contributed by atoms with Crippen molar-refractivity contribution in [2.75, 3.05) is 5.43 Å².